The maximum absolute atomic E-state index is 13.8. The molecule has 2 N–H and O–H groups in total. The molecule has 0 spiro atoms. The maximum atomic E-state index is 13.8. The summed E-state index contributed by atoms with van der Waals surface area (Å²) in [6.45, 7) is 0. The van der Waals surface area contributed by atoms with E-state index in [2.05, 4.69) is 10.6 Å². The van der Waals surface area contributed by atoms with Gasteiger partial charge in [-0.25, -0.2) is 8.78 Å². The molecular formula is C21H17F2N2O4-. The third-order valence-electron chi connectivity index (χ3n) is 4.68. The standard InChI is InChI=1S/C21H18F2N2O4/c22-12-9-10-18(16(23)11-12)25-20(27)15-7-3-4-8-17(15)24-19(26)13-5-1-2-6-14(13)21(28)29/h1-4,7-11,13-14H,5-6H2,(H,24,26)(H,25,27)(H,28,29)/p-1. The molecule has 2 unspecified atom stereocenters. The SMILES string of the molecule is O=C(Nc1ccc(F)cc1F)c1ccccc1NC(=O)C1CC=CCC1C(=O)[O-]. The van der Waals surface area contributed by atoms with Crippen LogP contribution in [0.4, 0.5) is 20.2 Å². The Morgan fingerprint density at radius 2 is 1.59 bits per heavy atom. The monoisotopic (exact) mass is 399 g/mol. The van der Waals surface area contributed by atoms with Crippen LogP contribution in [-0.2, 0) is 9.59 Å². The van der Waals surface area contributed by atoms with Gasteiger partial charge in [0.05, 0.1) is 22.9 Å². The summed E-state index contributed by atoms with van der Waals surface area (Å²) in [5.74, 6) is -6.11. The van der Waals surface area contributed by atoms with E-state index in [1.54, 1.807) is 24.3 Å². The van der Waals surface area contributed by atoms with E-state index in [0.717, 1.165) is 12.1 Å². The third-order valence-corrected chi connectivity index (χ3v) is 4.68. The summed E-state index contributed by atoms with van der Waals surface area (Å²) in [4.78, 5) is 36.5. The van der Waals surface area contributed by atoms with Gasteiger partial charge < -0.3 is 20.5 Å². The number of para-hydroxylation sites is 1. The number of anilines is 2. The van der Waals surface area contributed by atoms with Crippen molar-refractivity contribution in [3.05, 3.63) is 71.8 Å². The number of carboxylic acid groups (broad SMARTS) is 1. The predicted octanol–water partition coefficient (Wildman–Crippen LogP) is 2.49. The number of amides is 2. The van der Waals surface area contributed by atoms with Gasteiger partial charge in [-0.1, -0.05) is 24.3 Å². The largest absolute Gasteiger partial charge is 0.550 e. The van der Waals surface area contributed by atoms with Crippen LogP contribution in [-0.4, -0.2) is 17.8 Å². The first kappa shape index (κ1) is 20.2. The smallest absolute Gasteiger partial charge is 0.257 e. The Balaban J connectivity index is 1.79. The summed E-state index contributed by atoms with van der Waals surface area (Å²) in [6, 6.07) is 8.76. The molecule has 2 atom stereocenters. The van der Waals surface area contributed by atoms with E-state index in [0.29, 0.717) is 6.07 Å². The lowest BCUT2D eigenvalue weighted by molar-refractivity contribution is -0.313. The molecule has 0 aromatic heterocycles. The van der Waals surface area contributed by atoms with Crippen molar-refractivity contribution in [3.63, 3.8) is 0 Å². The van der Waals surface area contributed by atoms with E-state index in [4.69, 9.17) is 0 Å². The van der Waals surface area contributed by atoms with Crippen molar-refractivity contribution >= 4 is 29.2 Å². The second kappa shape index (κ2) is 8.64. The van der Waals surface area contributed by atoms with Gasteiger partial charge in [-0.3, -0.25) is 9.59 Å². The topological polar surface area (TPSA) is 98.3 Å². The average molecular weight is 399 g/mol. The van der Waals surface area contributed by atoms with Crippen LogP contribution < -0.4 is 15.7 Å². The highest BCUT2D eigenvalue weighted by Crippen LogP contribution is 2.27. The number of carbonyl (C=O) groups is 3. The van der Waals surface area contributed by atoms with Gasteiger partial charge in [0, 0.05) is 18.0 Å². The number of aliphatic carboxylic acids is 1. The zero-order valence-corrected chi connectivity index (χ0v) is 15.2. The number of benzene rings is 2. The van der Waals surface area contributed by atoms with Gasteiger partial charge in [0.15, 0.2) is 0 Å². The highest BCUT2D eigenvalue weighted by atomic mass is 19.1. The molecule has 29 heavy (non-hydrogen) atoms. The number of hydrogen-bond donors (Lipinski definition) is 2. The molecule has 2 aromatic rings. The van der Waals surface area contributed by atoms with Crippen molar-refractivity contribution in [2.45, 2.75) is 12.8 Å². The lowest BCUT2D eigenvalue weighted by Gasteiger charge is -2.28. The quantitative estimate of drug-likeness (QED) is 0.755. The molecule has 0 heterocycles. The van der Waals surface area contributed by atoms with E-state index in [1.807, 2.05) is 0 Å². The average Bonchev–Trinajstić information content (AvgIpc) is 2.70. The summed E-state index contributed by atoms with van der Waals surface area (Å²) in [5, 5.41) is 16.2. The van der Waals surface area contributed by atoms with Crippen LogP contribution in [0.2, 0.25) is 0 Å². The Kier molecular flexibility index (Phi) is 6.01. The number of nitrogens with one attached hydrogen (secondary N) is 2. The number of allylic oxidation sites excluding steroid dienone is 2. The van der Waals surface area contributed by atoms with Crippen molar-refractivity contribution in [1.82, 2.24) is 0 Å². The number of rotatable bonds is 5. The molecule has 0 bridgehead atoms. The molecule has 1 aliphatic rings. The first-order valence-corrected chi connectivity index (χ1v) is 8.89. The van der Waals surface area contributed by atoms with E-state index in [1.165, 1.54) is 12.1 Å². The lowest BCUT2D eigenvalue weighted by atomic mass is 9.82. The first-order chi connectivity index (χ1) is 13.9. The summed E-state index contributed by atoms with van der Waals surface area (Å²) in [6.07, 6.45) is 3.83. The Labute approximate surface area is 165 Å². The van der Waals surface area contributed by atoms with Crippen LogP contribution >= 0.6 is 0 Å². The summed E-state index contributed by atoms with van der Waals surface area (Å²) < 4.78 is 26.8. The van der Waals surface area contributed by atoms with Crippen molar-refractivity contribution < 1.29 is 28.3 Å². The summed E-state index contributed by atoms with van der Waals surface area (Å²) in [5.41, 5.74) is -0.0305. The number of carboxylic acids is 1. The third kappa shape index (κ3) is 4.66. The molecule has 0 saturated carbocycles. The van der Waals surface area contributed by atoms with E-state index >= 15 is 0 Å². The maximum Gasteiger partial charge on any atom is 0.257 e. The summed E-state index contributed by atoms with van der Waals surface area (Å²) in [7, 11) is 0. The Morgan fingerprint density at radius 1 is 0.897 bits per heavy atom. The van der Waals surface area contributed by atoms with E-state index < -0.39 is 41.3 Å². The van der Waals surface area contributed by atoms with Crippen LogP contribution in [0.3, 0.4) is 0 Å². The Bertz CT molecular complexity index is 990. The molecule has 150 valence electrons. The fourth-order valence-corrected chi connectivity index (χ4v) is 3.16. The normalized spacial score (nSPS) is 18.1. The van der Waals surface area contributed by atoms with Crippen molar-refractivity contribution in [2.24, 2.45) is 11.8 Å². The fourth-order valence-electron chi connectivity index (χ4n) is 3.16. The number of halogens is 2. The number of hydrogen-bond acceptors (Lipinski definition) is 4. The van der Waals surface area contributed by atoms with E-state index in [-0.39, 0.29) is 29.8 Å². The Hall–Kier alpha value is -3.55. The van der Waals surface area contributed by atoms with Gasteiger partial charge in [0.1, 0.15) is 11.6 Å². The second-order valence-electron chi connectivity index (χ2n) is 6.59. The van der Waals surface area contributed by atoms with Gasteiger partial charge in [-0.15, -0.1) is 0 Å². The van der Waals surface area contributed by atoms with Crippen molar-refractivity contribution in [1.29, 1.82) is 0 Å². The highest BCUT2D eigenvalue weighted by Gasteiger charge is 2.30. The van der Waals surface area contributed by atoms with Crippen LogP contribution in [0.1, 0.15) is 23.2 Å². The van der Waals surface area contributed by atoms with Gasteiger partial charge in [-0.05, 0) is 37.1 Å². The first-order valence-electron chi connectivity index (χ1n) is 8.89. The zero-order chi connectivity index (χ0) is 21.0. The van der Waals surface area contributed by atoms with Crippen molar-refractivity contribution in [3.8, 4) is 0 Å². The highest BCUT2D eigenvalue weighted by molar-refractivity contribution is 6.10. The molecule has 0 aliphatic heterocycles. The van der Waals surface area contributed by atoms with Crippen molar-refractivity contribution in [2.75, 3.05) is 10.6 Å². The Morgan fingerprint density at radius 3 is 2.28 bits per heavy atom. The van der Waals surface area contributed by atoms with Gasteiger partial charge in [0.2, 0.25) is 5.91 Å². The van der Waals surface area contributed by atoms with Crippen LogP contribution in [0.25, 0.3) is 0 Å². The molecule has 0 radical (unpaired) electrons. The molecule has 6 nitrogen and oxygen atoms in total. The van der Waals surface area contributed by atoms with Crippen LogP contribution in [0.15, 0.2) is 54.6 Å². The van der Waals surface area contributed by atoms with Crippen LogP contribution in [0.5, 0.6) is 0 Å². The zero-order valence-electron chi connectivity index (χ0n) is 15.2. The van der Waals surface area contributed by atoms with Gasteiger partial charge in [0.25, 0.3) is 5.91 Å². The van der Waals surface area contributed by atoms with E-state index in [9.17, 15) is 28.3 Å². The molecule has 2 amide bonds. The van der Waals surface area contributed by atoms with Gasteiger partial charge >= 0.3 is 0 Å². The summed E-state index contributed by atoms with van der Waals surface area (Å²) >= 11 is 0. The second-order valence-corrected chi connectivity index (χ2v) is 6.59. The minimum Gasteiger partial charge on any atom is -0.550 e. The lowest BCUT2D eigenvalue weighted by Crippen LogP contribution is -2.41. The van der Waals surface area contributed by atoms with Gasteiger partial charge in [-0.2, -0.15) is 0 Å². The molecule has 8 heteroatoms. The molecule has 3 rings (SSSR count). The predicted molar refractivity (Wildman–Crippen MR) is 99.7 cm³/mol. The minimum atomic E-state index is -1.31. The fraction of sp³-hybridized carbons (Fsp3) is 0.190. The van der Waals surface area contributed by atoms with Crippen LogP contribution in [0, 0.1) is 23.5 Å². The molecule has 0 saturated heterocycles. The molecule has 2 aromatic carbocycles. The molecule has 1 aliphatic carbocycles. The molecule has 0 fully saturated rings. The minimum absolute atomic E-state index is 0.0425. The molecular weight excluding hydrogens is 382 g/mol. The number of carbonyl (C=O) groups excluding carboxylic acids is 3.